The summed E-state index contributed by atoms with van der Waals surface area (Å²) < 4.78 is 19.0. The summed E-state index contributed by atoms with van der Waals surface area (Å²) in [5.74, 6) is 0.491. The number of hydrogen-bond donors (Lipinski definition) is 1. The highest BCUT2D eigenvalue weighted by atomic mass is 19.1. The first-order valence-corrected chi connectivity index (χ1v) is 5.32. The summed E-state index contributed by atoms with van der Waals surface area (Å²) in [6.45, 7) is 6.22. The van der Waals surface area contributed by atoms with E-state index in [-0.39, 0.29) is 12.1 Å². The van der Waals surface area contributed by atoms with Crippen LogP contribution in [0.15, 0.2) is 18.3 Å². The smallest absolute Gasteiger partial charge is 0.158 e. The number of hydrogen-bond acceptors (Lipinski definition) is 3. The van der Waals surface area contributed by atoms with Crippen LogP contribution < -0.4 is 10.1 Å². The number of nitrogens with one attached hydrogen (secondary N) is 1. The van der Waals surface area contributed by atoms with Gasteiger partial charge in [0, 0.05) is 18.3 Å². The zero-order valence-electron chi connectivity index (χ0n) is 10.2. The fourth-order valence-corrected chi connectivity index (χ4v) is 1.30. The molecule has 0 spiro atoms. The van der Waals surface area contributed by atoms with Crippen LogP contribution in [0.2, 0.25) is 0 Å². The van der Waals surface area contributed by atoms with Crippen LogP contribution in [0.25, 0.3) is 0 Å². The molecular weight excluding hydrogens is 207 g/mol. The zero-order chi connectivity index (χ0) is 12.2. The number of aromatic nitrogens is 1. The van der Waals surface area contributed by atoms with E-state index in [0.717, 1.165) is 0 Å². The molecule has 1 rings (SSSR count). The van der Waals surface area contributed by atoms with Gasteiger partial charge < -0.3 is 10.1 Å². The molecule has 0 aliphatic heterocycles. The maximum absolute atomic E-state index is 13.9. The Balaban J connectivity index is 2.69. The molecule has 1 aromatic heterocycles. The van der Waals surface area contributed by atoms with Crippen molar-refractivity contribution in [2.24, 2.45) is 0 Å². The lowest BCUT2D eigenvalue weighted by Crippen LogP contribution is -2.38. The molecular formula is C12H19FN2O. The number of nitrogens with zero attached hydrogens (tertiary/aromatic N) is 1. The molecule has 0 aliphatic carbocycles. The predicted molar refractivity (Wildman–Crippen MR) is 62.4 cm³/mol. The minimum atomic E-state index is -1.16. The summed E-state index contributed by atoms with van der Waals surface area (Å²) in [6, 6.07) is 3.44. The molecule has 0 amide bonds. The number of methoxy groups -OCH3 is 1. The van der Waals surface area contributed by atoms with Crippen molar-refractivity contribution in [2.75, 3.05) is 13.7 Å². The van der Waals surface area contributed by atoms with Crippen LogP contribution in [0.3, 0.4) is 0 Å². The van der Waals surface area contributed by atoms with E-state index in [1.807, 2.05) is 20.8 Å². The Morgan fingerprint density at radius 2 is 2.19 bits per heavy atom. The average Bonchev–Trinajstić information content (AvgIpc) is 2.25. The third-order valence-corrected chi connectivity index (χ3v) is 2.13. The summed E-state index contributed by atoms with van der Waals surface area (Å²) in [6.07, 6.45) is 0.414. The van der Waals surface area contributed by atoms with Gasteiger partial charge in [-0.1, -0.05) is 0 Å². The number of ether oxygens (including phenoxy) is 1. The van der Waals surface area contributed by atoms with E-state index in [0.29, 0.717) is 11.4 Å². The normalized spacial score (nSPS) is 13.6. The summed E-state index contributed by atoms with van der Waals surface area (Å²) in [7, 11) is 1.52. The highest BCUT2D eigenvalue weighted by molar-refractivity contribution is 5.28. The van der Waals surface area contributed by atoms with Crippen molar-refractivity contribution in [1.29, 1.82) is 0 Å². The van der Waals surface area contributed by atoms with Crippen LogP contribution in [0.5, 0.6) is 5.75 Å². The Morgan fingerprint density at radius 3 is 2.75 bits per heavy atom. The molecule has 4 heteroatoms. The molecule has 1 unspecified atom stereocenters. The van der Waals surface area contributed by atoms with Gasteiger partial charge in [-0.15, -0.1) is 0 Å². The van der Waals surface area contributed by atoms with E-state index in [4.69, 9.17) is 4.74 Å². The number of halogens is 1. The molecule has 0 fully saturated rings. The lowest BCUT2D eigenvalue weighted by atomic mass is 10.1. The molecule has 0 radical (unpaired) electrons. The fraction of sp³-hybridized carbons (Fsp3) is 0.583. The van der Waals surface area contributed by atoms with E-state index in [9.17, 15) is 4.39 Å². The van der Waals surface area contributed by atoms with Gasteiger partial charge in [-0.25, -0.2) is 4.39 Å². The van der Waals surface area contributed by atoms with Crippen LogP contribution >= 0.6 is 0 Å². The second-order valence-electron chi connectivity index (χ2n) is 4.69. The minimum Gasteiger partial charge on any atom is -0.495 e. The monoisotopic (exact) mass is 226 g/mol. The van der Waals surface area contributed by atoms with E-state index < -0.39 is 6.17 Å². The Hall–Kier alpha value is -1.16. The summed E-state index contributed by atoms with van der Waals surface area (Å²) in [5, 5.41) is 3.10. The van der Waals surface area contributed by atoms with Crippen molar-refractivity contribution in [2.45, 2.75) is 32.5 Å². The van der Waals surface area contributed by atoms with Crippen molar-refractivity contribution in [3.63, 3.8) is 0 Å². The first kappa shape index (κ1) is 12.9. The van der Waals surface area contributed by atoms with Gasteiger partial charge in [-0.05, 0) is 32.9 Å². The number of alkyl halides is 1. The number of pyridine rings is 1. The molecule has 3 nitrogen and oxygen atoms in total. The molecule has 0 bridgehead atoms. The van der Waals surface area contributed by atoms with Crippen LogP contribution in [-0.2, 0) is 0 Å². The maximum atomic E-state index is 13.9. The summed E-state index contributed by atoms with van der Waals surface area (Å²) in [5.41, 5.74) is 0.244. The molecule has 1 aromatic rings. The van der Waals surface area contributed by atoms with Crippen molar-refractivity contribution in [3.05, 3.63) is 24.0 Å². The van der Waals surface area contributed by atoms with Gasteiger partial charge in [-0.2, -0.15) is 0 Å². The second kappa shape index (κ2) is 5.25. The van der Waals surface area contributed by atoms with Crippen LogP contribution in [0.4, 0.5) is 4.39 Å². The summed E-state index contributed by atoms with van der Waals surface area (Å²) >= 11 is 0. The molecule has 16 heavy (non-hydrogen) atoms. The third kappa shape index (κ3) is 3.77. The van der Waals surface area contributed by atoms with Gasteiger partial charge in [0.2, 0.25) is 0 Å². The molecule has 0 aliphatic rings. The van der Waals surface area contributed by atoms with Crippen LogP contribution in [-0.4, -0.2) is 24.2 Å². The average molecular weight is 226 g/mol. The maximum Gasteiger partial charge on any atom is 0.158 e. The Labute approximate surface area is 96.0 Å². The SMILES string of the molecule is COc1cccnc1C(F)CNC(C)(C)C. The van der Waals surface area contributed by atoms with Gasteiger partial charge in [0.15, 0.2) is 6.17 Å². The van der Waals surface area contributed by atoms with Gasteiger partial charge in [0.25, 0.3) is 0 Å². The largest absolute Gasteiger partial charge is 0.495 e. The van der Waals surface area contributed by atoms with Gasteiger partial charge in [-0.3, -0.25) is 4.98 Å². The first-order valence-electron chi connectivity index (χ1n) is 5.32. The van der Waals surface area contributed by atoms with Crippen molar-refractivity contribution in [1.82, 2.24) is 10.3 Å². The van der Waals surface area contributed by atoms with Crippen molar-refractivity contribution < 1.29 is 9.13 Å². The van der Waals surface area contributed by atoms with E-state index in [1.165, 1.54) is 7.11 Å². The molecule has 1 atom stereocenters. The topological polar surface area (TPSA) is 34.1 Å². The lowest BCUT2D eigenvalue weighted by molar-refractivity contribution is 0.276. The van der Waals surface area contributed by atoms with E-state index in [1.54, 1.807) is 18.3 Å². The van der Waals surface area contributed by atoms with Crippen molar-refractivity contribution >= 4 is 0 Å². The Bertz CT molecular complexity index is 336. The third-order valence-electron chi connectivity index (χ3n) is 2.13. The van der Waals surface area contributed by atoms with Gasteiger partial charge in [0.05, 0.1) is 7.11 Å². The Kier molecular flexibility index (Phi) is 4.24. The number of rotatable bonds is 4. The molecule has 0 aromatic carbocycles. The molecule has 1 heterocycles. The quantitative estimate of drug-likeness (QED) is 0.856. The first-order chi connectivity index (χ1) is 7.44. The Morgan fingerprint density at radius 1 is 1.50 bits per heavy atom. The summed E-state index contributed by atoms with van der Waals surface area (Å²) in [4.78, 5) is 4.01. The van der Waals surface area contributed by atoms with Crippen molar-refractivity contribution in [3.8, 4) is 5.75 Å². The van der Waals surface area contributed by atoms with Gasteiger partial charge in [0.1, 0.15) is 11.4 Å². The van der Waals surface area contributed by atoms with E-state index >= 15 is 0 Å². The van der Waals surface area contributed by atoms with Crippen LogP contribution in [0.1, 0.15) is 32.6 Å². The minimum absolute atomic E-state index is 0.105. The van der Waals surface area contributed by atoms with E-state index in [2.05, 4.69) is 10.3 Å². The second-order valence-corrected chi connectivity index (χ2v) is 4.69. The predicted octanol–water partition coefficient (Wildman–Crippen LogP) is 2.49. The molecule has 0 saturated carbocycles. The molecule has 1 N–H and O–H groups in total. The standard InChI is InChI=1S/C12H19FN2O/c1-12(2,3)15-8-9(13)11-10(16-4)6-5-7-14-11/h5-7,9,15H,8H2,1-4H3. The lowest BCUT2D eigenvalue weighted by Gasteiger charge is -2.22. The van der Waals surface area contributed by atoms with Gasteiger partial charge >= 0.3 is 0 Å². The molecule has 0 saturated heterocycles. The highest BCUT2D eigenvalue weighted by Gasteiger charge is 2.19. The zero-order valence-corrected chi connectivity index (χ0v) is 10.2. The fourth-order valence-electron chi connectivity index (χ4n) is 1.30. The van der Waals surface area contributed by atoms with Crippen LogP contribution in [0, 0.1) is 0 Å². The highest BCUT2D eigenvalue weighted by Crippen LogP contribution is 2.24. The molecule has 90 valence electrons.